The van der Waals surface area contributed by atoms with Gasteiger partial charge in [0.05, 0.1) is 16.4 Å². The summed E-state index contributed by atoms with van der Waals surface area (Å²) < 4.78 is 0. The number of rotatable bonds is 1. The Morgan fingerprint density at radius 1 is 1.14 bits per heavy atom. The summed E-state index contributed by atoms with van der Waals surface area (Å²) in [4.78, 5) is 16.6. The standard InChI is InChI=1S/C16H15ClN2O2/c1-18-8-9-19(14-5-3-2-4-13(14)18)16(21)11-6-7-15(20)12(17)10-11/h2-7,10,20H,8-9H2,1H3. The van der Waals surface area contributed by atoms with Gasteiger partial charge in [-0.25, -0.2) is 0 Å². The number of nitrogens with zero attached hydrogens (tertiary/aromatic N) is 2. The van der Waals surface area contributed by atoms with Crippen LogP contribution in [-0.2, 0) is 0 Å². The van der Waals surface area contributed by atoms with Crippen LogP contribution in [0.25, 0.3) is 0 Å². The molecule has 1 N–H and O–H groups in total. The molecule has 0 fully saturated rings. The first kappa shape index (κ1) is 13.8. The van der Waals surface area contributed by atoms with Crippen molar-refractivity contribution in [2.45, 2.75) is 0 Å². The minimum atomic E-state index is -0.113. The van der Waals surface area contributed by atoms with Gasteiger partial charge in [0.25, 0.3) is 5.91 Å². The Kier molecular flexibility index (Phi) is 3.47. The zero-order valence-electron chi connectivity index (χ0n) is 11.6. The third-order valence-corrected chi connectivity index (χ3v) is 3.99. The molecule has 1 aliphatic heterocycles. The van der Waals surface area contributed by atoms with E-state index in [0.29, 0.717) is 12.1 Å². The quantitative estimate of drug-likeness (QED) is 0.880. The van der Waals surface area contributed by atoms with Crippen LogP contribution in [0.15, 0.2) is 42.5 Å². The lowest BCUT2D eigenvalue weighted by Gasteiger charge is -2.35. The number of benzene rings is 2. The second-order valence-corrected chi connectivity index (χ2v) is 5.44. The van der Waals surface area contributed by atoms with Crippen LogP contribution in [0.5, 0.6) is 5.75 Å². The predicted molar refractivity (Wildman–Crippen MR) is 84.5 cm³/mol. The van der Waals surface area contributed by atoms with Crippen LogP contribution in [-0.4, -0.2) is 31.2 Å². The molecule has 2 aromatic carbocycles. The molecule has 1 heterocycles. The number of phenolic OH excluding ortho intramolecular Hbond substituents is 1. The number of hydrogen-bond donors (Lipinski definition) is 1. The molecule has 0 bridgehead atoms. The van der Waals surface area contributed by atoms with Gasteiger partial charge in [0.1, 0.15) is 5.75 Å². The van der Waals surface area contributed by atoms with Gasteiger partial charge < -0.3 is 14.9 Å². The summed E-state index contributed by atoms with van der Waals surface area (Å²) in [5.41, 5.74) is 2.39. The third-order valence-electron chi connectivity index (χ3n) is 3.68. The van der Waals surface area contributed by atoms with Crippen LogP contribution in [0.2, 0.25) is 5.02 Å². The number of hydrogen-bond acceptors (Lipinski definition) is 3. The van der Waals surface area contributed by atoms with Crippen LogP contribution in [0, 0.1) is 0 Å². The van der Waals surface area contributed by atoms with Crippen molar-refractivity contribution in [1.82, 2.24) is 0 Å². The highest BCUT2D eigenvalue weighted by Gasteiger charge is 2.25. The van der Waals surface area contributed by atoms with Crippen LogP contribution in [0.4, 0.5) is 11.4 Å². The summed E-state index contributed by atoms with van der Waals surface area (Å²) in [5.74, 6) is -0.135. The molecule has 3 rings (SSSR count). The van der Waals surface area contributed by atoms with E-state index >= 15 is 0 Å². The molecular formula is C16H15ClN2O2. The Morgan fingerprint density at radius 3 is 2.57 bits per heavy atom. The largest absolute Gasteiger partial charge is 0.506 e. The number of fused-ring (bicyclic) bond motifs is 1. The highest BCUT2D eigenvalue weighted by molar-refractivity contribution is 6.32. The predicted octanol–water partition coefficient (Wildman–Crippen LogP) is 3.14. The maximum Gasteiger partial charge on any atom is 0.258 e. The van der Waals surface area contributed by atoms with Crippen molar-refractivity contribution in [1.29, 1.82) is 0 Å². The Balaban J connectivity index is 1.99. The fourth-order valence-electron chi connectivity index (χ4n) is 2.51. The van der Waals surface area contributed by atoms with Crippen molar-refractivity contribution >= 4 is 28.9 Å². The van der Waals surface area contributed by atoms with Crippen molar-refractivity contribution < 1.29 is 9.90 Å². The summed E-state index contributed by atoms with van der Waals surface area (Å²) in [6.07, 6.45) is 0. The van der Waals surface area contributed by atoms with E-state index in [2.05, 4.69) is 4.90 Å². The maximum absolute atomic E-state index is 12.7. The molecule has 0 aromatic heterocycles. The van der Waals surface area contributed by atoms with Crippen molar-refractivity contribution in [3.63, 3.8) is 0 Å². The molecule has 0 spiro atoms. The molecule has 1 amide bonds. The lowest BCUT2D eigenvalue weighted by atomic mass is 10.1. The minimum Gasteiger partial charge on any atom is -0.506 e. The van der Waals surface area contributed by atoms with E-state index in [1.807, 2.05) is 31.3 Å². The zero-order chi connectivity index (χ0) is 15.0. The van der Waals surface area contributed by atoms with E-state index < -0.39 is 0 Å². The van der Waals surface area contributed by atoms with Gasteiger partial charge in [0, 0.05) is 25.7 Å². The summed E-state index contributed by atoms with van der Waals surface area (Å²) in [6.45, 7) is 1.39. The first-order valence-corrected chi connectivity index (χ1v) is 7.06. The van der Waals surface area contributed by atoms with Crippen LogP contribution in [0.1, 0.15) is 10.4 Å². The van der Waals surface area contributed by atoms with Crippen molar-refractivity contribution in [3.05, 3.63) is 53.1 Å². The topological polar surface area (TPSA) is 43.8 Å². The fourth-order valence-corrected chi connectivity index (χ4v) is 2.69. The summed E-state index contributed by atoms with van der Waals surface area (Å²) in [6, 6.07) is 12.3. The minimum absolute atomic E-state index is 0.0213. The molecule has 4 nitrogen and oxygen atoms in total. The van der Waals surface area contributed by atoms with Gasteiger partial charge in [-0.05, 0) is 30.3 Å². The zero-order valence-corrected chi connectivity index (χ0v) is 12.3. The van der Waals surface area contributed by atoms with Crippen molar-refractivity contribution in [2.75, 3.05) is 29.9 Å². The molecule has 0 atom stereocenters. The molecule has 0 radical (unpaired) electrons. The van der Waals surface area contributed by atoms with Gasteiger partial charge in [-0.1, -0.05) is 23.7 Å². The Labute approximate surface area is 128 Å². The van der Waals surface area contributed by atoms with E-state index in [1.165, 1.54) is 12.1 Å². The first-order chi connectivity index (χ1) is 10.1. The highest BCUT2D eigenvalue weighted by Crippen LogP contribution is 2.33. The van der Waals surface area contributed by atoms with Gasteiger partial charge in [-0.2, -0.15) is 0 Å². The maximum atomic E-state index is 12.7. The van der Waals surface area contributed by atoms with E-state index in [9.17, 15) is 9.90 Å². The van der Waals surface area contributed by atoms with E-state index in [1.54, 1.807) is 11.0 Å². The Hall–Kier alpha value is -2.20. The van der Waals surface area contributed by atoms with Gasteiger partial charge in [0.2, 0.25) is 0 Å². The smallest absolute Gasteiger partial charge is 0.258 e. The van der Waals surface area contributed by atoms with E-state index in [4.69, 9.17) is 11.6 Å². The molecular weight excluding hydrogens is 288 g/mol. The monoisotopic (exact) mass is 302 g/mol. The lowest BCUT2D eigenvalue weighted by Crippen LogP contribution is -2.42. The molecule has 1 aliphatic rings. The van der Waals surface area contributed by atoms with E-state index in [-0.39, 0.29) is 16.7 Å². The van der Waals surface area contributed by atoms with Crippen molar-refractivity contribution in [2.24, 2.45) is 0 Å². The van der Waals surface area contributed by atoms with Gasteiger partial charge in [-0.3, -0.25) is 4.79 Å². The molecule has 108 valence electrons. The number of aromatic hydroxyl groups is 1. The molecule has 0 saturated carbocycles. The van der Waals surface area contributed by atoms with Crippen molar-refractivity contribution in [3.8, 4) is 5.75 Å². The fraction of sp³-hybridized carbons (Fsp3) is 0.188. The number of para-hydroxylation sites is 2. The van der Waals surface area contributed by atoms with Gasteiger partial charge in [0.15, 0.2) is 0 Å². The number of carbonyl (C=O) groups is 1. The summed E-state index contributed by atoms with van der Waals surface area (Å²) in [5, 5.41) is 9.65. The number of anilines is 2. The second-order valence-electron chi connectivity index (χ2n) is 5.03. The number of halogens is 1. The average molecular weight is 303 g/mol. The summed E-state index contributed by atoms with van der Waals surface area (Å²) >= 11 is 5.89. The van der Waals surface area contributed by atoms with Crippen LogP contribution < -0.4 is 9.80 Å². The van der Waals surface area contributed by atoms with Crippen LogP contribution in [0.3, 0.4) is 0 Å². The number of amides is 1. The molecule has 0 unspecified atom stereocenters. The molecule has 0 aliphatic carbocycles. The number of carbonyl (C=O) groups excluding carboxylic acids is 1. The van der Waals surface area contributed by atoms with Gasteiger partial charge >= 0.3 is 0 Å². The third kappa shape index (κ3) is 2.43. The second kappa shape index (κ2) is 5.30. The number of phenols is 1. The normalized spacial score (nSPS) is 14.0. The average Bonchev–Trinajstić information content (AvgIpc) is 2.50. The Bertz CT molecular complexity index is 702. The molecule has 5 heteroatoms. The van der Waals surface area contributed by atoms with Gasteiger partial charge in [-0.15, -0.1) is 0 Å². The molecule has 0 saturated heterocycles. The van der Waals surface area contributed by atoms with E-state index in [0.717, 1.165) is 17.9 Å². The number of likely N-dealkylation sites (N-methyl/N-ethyl adjacent to an activating group) is 1. The molecule has 21 heavy (non-hydrogen) atoms. The molecule has 2 aromatic rings. The Morgan fingerprint density at radius 2 is 1.86 bits per heavy atom. The summed E-state index contributed by atoms with van der Waals surface area (Å²) in [7, 11) is 2.01. The first-order valence-electron chi connectivity index (χ1n) is 6.68. The lowest BCUT2D eigenvalue weighted by molar-refractivity contribution is 0.0986. The van der Waals surface area contributed by atoms with Crippen LogP contribution >= 0.6 is 11.6 Å². The SMILES string of the molecule is CN1CCN(C(=O)c2ccc(O)c(Cl)c2)c2ccccc21. The highest BCUT2D eigenvalue weighted by atomic mass is 35.5.